The molecule has 0 aliphatic carbocycles. The minimum absolute atomic E-state index is 0.379. The zero-order valence-corrected chi connectivity index (χ0v) is 8.08. The van der Waals surface area contributed by atoms with Gasteiger partial charge >= 0.3 is 11.9 Å². The van der Waals surface area contributed by atoms with Crippen LogP contribution >= 0.6 is 0 Å². The van der Waals surface area contributed by atoms with E-state index in [0.717, 1.165) is 11.6 Å². The molecule has 0 aliphatic heterocycles. The van der Waals surface area contributed by atoms with Gasteiger partial charge in [-0.15, -0.1) is 0 Å². The van der Waals surface area contributed by atoms with Crippen molar-refractivity contribution in [1.29, 1.82) is 0 Å². The molecular weight excluding hydrogens is 202 g/mol. The van der Waals surface area contributed by atoms with Gasteiger partial charge in [-0.1, -0.05) is 35.9 Å². The molecule has 1 rings (SSSR count). The van der Waals surface area contributed by atoms with E-state index < -0.39 is 11.9 Å². The minimum Gasteiger partial charge on any atom is -0.477 e. The summed E-state index contributed by atoms with van der Waals surface area (Å²) in [7, 11) is 0. The molecule has 0 unspecified atom stereocenters. The van der Waals surface area contributed by atoms with Crippen molar-refractivity contribution in [3.8, 4) is 0 Å². The fraction of sp³-hybridized carbons (Fsp3) is 0.182. The average Bonchev–Trinajstić information content (AvgIpc) is 2.15. The van der Waals surface area contributed by atoms with E-state index in [1.807, 2.05) is 13.0 Å². The molecule has 1 aromatic carbocycles. The van der Waals surface area contributed by atoms with Crippen LogP contribution in [0.25, 0.3) is 6.08 Å². The molecule has 15 heavy (non-hydrogen) atoms. The van der Waals surface area contributed by atoms with Gasteiger partial charge in [-0.05, 0) is 18.6 Å². The average molecular weight is 212 g/mol. The first-order valence-corrected chi connectivity index (χ1v) is 4.29. The SMILES string of the molecule is Cc1cccc(/C=C/C(F)(F)C(=O)O)c1. The Labute approximate surface area is 85.9 Å². The molecular formula is C11H10F2O2. The number of hydrogen-bond donors (Lipinski definition) is 1. The van der Waals surface area contributed by atoms with Gasteiger partial charge in [0.25, 0.3) is 0 Å². The van der Waals surface area contributed by atoms with E-state index in [4.69, 9.17) is 5.11 Å². The second-order valence-corrected chi connectivity index (χ2v) is 3.18. The zero-order valence-electron chi connectivity index (χ0n) is 8.08. The van der Waals surface area contributed by atoms with Crippen LogP contribution in [-0.2, 0) is 4.79 Å². The Bertz CT molecular complexity index is 397. The third-order valence-electron chi connectivity index (χ3n) is 1.81. The number of aryl methyl sites for hydroxylation is 1. The van der Waals surface area contributed by atoms with Gasteiger partial charge in [0.2, 0.25) is 0 Å². The highest BCUT2D eigenvalue weighted by Gasteiger charge is 2.35. The van der Waals surface area contributed by atoms with Crippen LogP contribution < -0.4 is 0 Å². The molecule has 0 amide bonds. The third-order valence-corrected chi connectivity index (χ3v) is 1.81. The Morgan fingerprint density at radius 2 is 2.13 bits per heavy atom. The second-order valence-electron chi connectivity index (χ2n) is 3.18. The van der Waals surface area contributed by atoms with Gasteiger partial charge in [-0.3, -0.25) is 0 Å². The fourth-order valence-electron chi connectivity index (χ4n) is 1.05. The second kappa shape index (κ2) is 4.21. The van der Waals surface area contributed by atoms with E-state index in [0.29, 0.717) is 11.6 Å². The summed E-state index contributed by atoms with van der Waals surface area (Å²) in [5, 5.41) is 8.17. The normalized spacial score (nSPS) is 11.9. The van der Waals surface area contributed by atoms with Crippen LogP contribution in [0.5, 0.6) is 0 Å². The monoisotopic (exact) mass is 212 g/mol. The van der Waals surface area contributed by atoms with Gasteiger partial charge in [-0.2, -0.15) is 8.78 Å². The molecule has 0 saturated carbocycles. The molecule has 4 heteroatoms. The van der Waals surface area contributed by atoms with Gasteiger partial charge in [0.15, 0.2) is 0 Å². The lowest BCUT2D eigenvalue weighted by Crippen LogP contribution is -2.24. The number of carboxylic acid groups (broad SMARTS) is 1. The number of aliphatic carboxylic acids is 1. The van der Waals surface area contributed by atoms with Crippen LogP contribution in [-0.4, -0.2) is 17.0 Å². The van der Waals surface area contributed by atoms with E-state index in [1.54, 1.807) is 18.2 Å². The standard InChI is InChI=1S/C11H10F2O2/c1-8-3-2-4-9(7-8)5-6-11(12,13)10(14)15/h2-7H,1H3,(H,14,15)/b6-5+. The minimum atomic E-state index is -3.82. The highest BCUT2D eigenvalue weighted by atomic mass is 19.3. The molecule has 0 bridgehead atoms. The van der Waals surface area contributed by atoms with Gasteiger partial charge < -0.3 is 5.11 Å². The first kappa shape index (κ1) is 11.4. The summed E-state index contributed by atoms with van der Waals surface area (Å²) in [6.07, 6.45) is 1.48. The number of carbonyl (C=O) groups is 1. The lowest BCUT2D eigenvalue weighted by Gasteiger charge is -2.04. The van der Waals surface area contributed by atoms with Crippen LogP contribution in [0.2, 0.25) is 0 Å². The lowest BCUT2D eigenvalue weighted by molar-refractivity contribution is -0.157. The molecule has 0 saturated heterocycles. The molecule has 0 aliphatic rings. The van der Waals surface area contributed by atoms with E-state index in [-0.39, 0.29) is 0 Å². The van der Waals surface area contributed by atoms with E-state index in [2.05, 4.69) is 0 Å². The number of rotatable bonds is 3. The smallest absolute Gasteiger partial charge is 0.378 e. The maximum absolute atomic E-state index is 12.6. The maximum atomic E-state index is 12.6. The number of hydrogen-bond acceptors (Lipinski definition) is 1. The first-order chi connectivity index (χ1) is 6.92. The van der Waals surface area contributed by atoms with Crippen molar-refractivity contribution >= 4 is 12.0 Å². The zero-order chi connectivity index (χ0) is 11.5. The van der Waals surface area contributed by atoms with Crippen LogP contribution in [0, 0.1) is 6.92 Å². The Kier molecular flexibility index (Phi) is 3.19. The molecule has 0 spiro atoms. The largest absolute Gasteiger partial charge is 0.477 e. The van der Waals surface area contributed by atoms with E-state index >= 15 is 0 Å². The quantitative estimate of drug-likeness (QED) is 0.836. The molecule has 0 radical (unpaired) electrons. The summed E-state index contributed by atoms with van der Waals surface area (Å²) in [4.78, 5) is 10.1. The van der Waals surface area contributed by atoms with Crippen molar-refractivity contribution in [3.05, 3.63) is 41.5 Å². The van der Waals surface area contributed by atoms with Gasteiger partial charge in [0.1, 0.15) is 0 Å². The van der Waals surface area contributed by atoms with Gasteiger partial charge in [0.05, 0.1) is 0 Å². The summed E-state index contributed by atoms with van der Waals surface area (Å²) in [5.41, 5.74) is 1.48. The number of carboxylic acids is 1. The van der Waals surface area contributed by atoms with Crippen molar-refractivity contribution in [2.75, 3.05) is 0 Å². The predicted molar refractivity (Wildman–Crippen MR) is 52.8 cm³/mol. The van der Waals surface area contributed by atoms with Crippen LogP contribution in [0.4, 0.5) is 8.78 Å². The Balaban J connectivity index is 2.86. The highest BCUT2D eigenvalue weighted by molar-refractivity contribution is 5.79. The van der Waals surface area contributed by atoms with Crippen LogP contribution in [0.15, 0.2) is 30.3 Å². The summed E-state index contributed by atoms with van der Waals surface area (Å²) in [6.45, 7) is 1.83. The maximum Gasteiger partial charge on any atom is 0.378 e. The van der Waals surface area contributed by atoms with Gasteiger partial charge in [-0.25, -0.2) is 4.79 Å². The molecule has 80 valence electrons. The summed E-state index contributed by atoms with van der Waals surface area (Å²) in [5.74, 6) is -5.96. The predicted octanol–water partition coefficient (Wildman–Crippen LogP) is 2.73. The number of benzene rings is 1. The first-order valence-electron chi connectivity index (χ1n) is 4.29. The van der Waals surface area contributed by atoms with E-state index in [9.17, 15) is 13.6 Å². The molecule has 2 nitrogen and oxygen atoms in total. The topological polar surface area (TPSA) is 37.3 Å². The summed E-state index contributed by atoms with van der Waals surface area (Å²) < 4.78 is 25.3. The molecule has 0 atom stereocenters. The van der Waals surface area contributed by atoms with Crippen molar-refractivity contribution in [2.24, 2.45) is 0 Å². The van der Waals surface area contributed by atoms with Crippen molar-refractivity contribution in [1.82, 2.24) is 0 Å². The molecule has 1 N–H and O–H groups in total. The summed E-state index contributed by atoms with van der Waals surface area (Å²) in [6, 6.07) is 6.86. The van der Waals surface area contributed by atoms with Crippen LogP contribution in [0.3, 0.4) is 0 Å². The van der Waals surface area contributed by atoms with E-state index in [1.165, 1.54) is 0 Å². The molecule has 0 fully saturated rings. The molecule has 0 aromatic heterocycles. The molecule has 1 aromatic rings. The van der Waals surface area contributed by atoms with Crippen molar-refractivity contribution in [3.63, 3.8) is 0 Å². The Morgan fingerprint density at radius 3 is 2.67 bits per heavy atom. The summed E-state index contributed by atoms with van der Waals surface area (Å²) >= 11 is 0. The number of alkyl halides is 2. The highest BCUT2D eigenvalue weighted by Crippen LogP contribution is 2.17. The third kappa shape index (κ3) is 3.16. The molecule has 0 heterocycles. The van der Waals surface area contributed by atoms with Crippen molar-refractivity contribution < 1.29 is 18.7 Å². The Morgan fingerprint density at radius 1 is 1.47 bits per heavy atom. The fourth-order valence-corrected chi connectivity index (χ4v) is 1.05. The van der Waals surface area contributed by atoms with Crippen molar-refractivity contribution in [2.45, 2.75) is 12.8 Å². The Hall–Kier alpha value is -1.71. The lowest BCUT2D eigenvalue weighted by atomic mass is 10.1. The number of halogens is 2. The van der Waals surface area contributed by atoms with Crippen LogP contribution in [0.1, 0.15) is 11.1 Å². The van der Waals surface area contributed by atoms with Gasteiger partial charge in [0, 0.05) is 0 Å².